The molecule has 2 heteroatoms. The Bertz CT molecular complexity index is 3100. The summed E-state index contributed by atoms with van der Waals surface area (Å²) in [5, 5.41) is 9.40. The predicted octanol–water partition coefficient (Wildman–Crippen LogP) is 14.5. The van der Waals surface area contributed by atoms with Crippen molar-refractivity contribution in [3.8, 4) is 44.5 Å². The first-order valence-corrected chi connectivity index (χ1v) is 17.8. The van der Waals surface area contributed by atoms with E-state index in [0.29, 0.717) is 0 Å². The van der Waals surface area contributed by atoms with Crippen molar-refractivity contribution in [3.05, 3.63) is 182 Å². The van der Waals surface area contributed by atoms with Crippen LogP contribution in [0.2, 0.25) is 0 Å². The van der Waals surface area contributed by atoms with Crippen molar-refractivity contribution in [2.24, 2.45) is 0 Å². The maximum Gasteiger partial charge on any atom is 0.143 e. The van der Waals surface area contributed by atoms with Crippen molar-refractivity contribution in [1.29, 1.82) is 0 Å². The van der Waals surface area contributed by atoms with E-state index in [1.807, 2.05) is 12.1 Å². The lowest BCUT2D eigenvalue weighted by molar-refractivity contribution is 0.669. The van der Waals surface area contributed by atoms with E-state index in [4.69, 9.17) is 8.83 Å². The summed E-state index contributed by atoms with van der Waals surface area (Å²) in [5.41, 5.74) is 13.0. The van der Waals surface area contributed by atoms with Crippen LogP contribution in [0.1, 0.15) is 0 Å². The maximum absolute atomic E-state index is 6.88. The molecule has 11 rings (SSSR count). The summed E-state index contributed by atoms with van der Waals surface area (Å²) in [5.74, 6) is 0. The smallest absolute Gasteiger partial charge is 0.143 e. The molecule has 0 fully saturated rings. The SMILES string of the molecule is c1ccc(-c2c3ccccc3c(-c3ccc(-c4ccc(-c5cccc6oc7ccccc7c56)cc4)c4c3oc3ccccc34)c3ccccc23)cc1. The average Bonchev–Trinajstić information content (AvgIpc) is 3.80. The summed E-state index contributed by atoms with van der Waals surface area (Å²) < 4.78 is 13.1. The summed E-state index contributed by atoms with van der Waals surface area (Å²) in [6.45, 7) is 0. The van der Waals surface area contributed by atoms with Crippen molar-refractivity contribution in [2.45, 2.75) is 0 Å². The molecule has 0 amide bonds. The molecule has 2 heterocycles. The molecule has 52 heavy (non-hydrogen) atoms. The van der Waals surface area contributed by atoms with E-state index in [-0.39, 0.29) is 0 Å². The van der Waals surface area contributed by atoms with Gasteiger partial charge in [0.15, 0.2) is 0 Å². The zero-order valence-corrected chi connectivity index (χ0v) is 28.1. The number of hydrogen-bond donors (Lipinski definition) is 0. The Kier molecular flexibility index (Phi) is 6.28. The van der Waals surface area contributed by atoms with Gasteiger partial charge in [-0.25, -0.2) is 0 Å². The third-order valence-corrected chi connectivity index (χ3v) is 10.7. The lowest BCUT2D eigenvalue weighted by Crippen LogP contribution is -1.91. The van der Waals surface area contributed by atoms with E-state index in [1.54, 1.807) is 0 Å². The molecule has 0 aliphatic carbocycles. The number of benzene rings is 9. The van der Waals surface area contributed by atoms with Gasteiger partial charge in [0.05, 0.1) is 0 Å². The first-order chi connectivity index (χ1) is 25.8. The molecular weight excluding hydrogens is 633 g/mol. The van der Waals surface area contributed by atoms with Crippen molar-refractivity contribution in [1.82, 2.24) is 0 Å². The van der Waals surface area contributed by atoms with Crippen LogP contribution < -0.4 is 0 Å². The molecule has 9 aromatic carbocycles. The normalized spacial score (nSPS) is 11.8. The highest BCUT2D eigenvalue weighted by molar-refractivity contribution is 6.25. The summed E-state index contributed by atoms with van der Waals surface area (Å²) in [6, 6.07) is 64.9. The van der Waals surface area contributed by atoms with Crippen LogP contribution in [0.4, 0.5) is 0 Å². The largest absolute Gasteiger partial charge is 0.456 e. The zero-order valence-electron chi connectivity index (χ0n) is 28.1. The van der Waals surface area contributed by atoms with Gasteiger partial charge in [0.25, 0.3) is 0 Å². The van der Waals surface area contributed by atoms with Gasteiger partial charge in [-0.3, -0.25) is 0 Å². The third-order valence-electron chi connectivity index (χ3n) is 10.7. The van der Waals surface area contributed by atoms with Crippen molar-refractivity contribution >= 4 is 65.4 Å². The van der Waals surface area contributed by atoms with Gasteiger partial charge < -0.3 is 8.83 Å². The van der Waals surface area contributed by atoms with Gasteiger partial charge in [0.1, 0.15) is 22.3 Å². The van der Waals surface area contributed by atoms with Crippen LogP contribution in [-0.2, 0) is 0 Å². The second kappa shape index (κ2) is 11.3. The predicted molar refractivity (Wildman–Crippen MR) is 218 cm³/mol. The van der Waals surface area contributed by atoms with E-state index in [0.717, 1.165) is 66.1 Å². The molecule has 0 saturated carbocycles. The van der Waals surface area contributed by atoms with Crippen molar-refractivity contribution in [2.75, 3.05) is 0 Å². The summed E-state index contributed by atoms with van der Waals surface area (Å²) in [4.78, 5) is 0. The van der Waals surface area contributed by atoms with E-state index in [9.17, 15) is 0 Å². The van der Waals surface area contributed by atoms with Gasteiger partial charge in [-0.05, 0) is 79.2 Å². The second-order valence-corrected chi connectivity index (χ2v) is 13.5. The van der Waals surface area contributed by atoms with Crippen LogP contribution in [0, 0.1) is 0 Å². The highest BCUT2D eigenvalue weighted by Crippen LogP contribution is 2.48. The van der Waals surface area contributed by atoms with Crippen LogP contribution in [0.3, 0.4) is 0 Å². The monoisotopic (exact) mass is 662 g/mol. The molecule has 0 aliphatic rings. The Balaban J connectivity index is 1.14. The number of furan rings is 2. The first kappa shape index (κ1) is 28.9. The van der Waals surface area contributed by atoms with Gasteiger partial charge in [-0.2, -0.15) is 0 Å². The van der Waals surface area contributed by atoms with Gasteiger partial charge in [-0.1, -0.05) is 158 Å². The molecule has 242 valence electrons. The van der Waals surface area contributed by atoms with Gasteiger partial charge in [0.2, 0.25) is 0 Å². The number of fused-ring (bicyclic) bond motifs is 8. The maximum atomic E-state index is 6.88. The fraction of sp³-hybridized carbons (Fsp3) is 0. The van der Waals surface area contributed by atoms with E-state index < -0.39 is 0 Å². The molecule has 0 spiro atoms. The van der Waals surface area contributed by atoms with Crippen LogP contribution in [0.5, 0.6) is 0 Å². The van der Waals surface area contributed by atoms with E-state index in [1.165, 1.54) is 43.8 Å². The molecule has 11 aromatic rings. The summed E-state index contributed by atoms with van der Waals surface area (Å²) >= 11 is 0. The van der Waals surface area contributed by atoms with Crippen molar-refractivity contribution in [3.63, 3.8) is 0 Å². The number of hydrogen-bond acceptors (Lipinski definition) is 2. The Morgan fingerprint density at radius 3 is 1.35 bits per heavy atom. The van der Waals surface area contributed by atoms with E-state index in [2.05, 4.69) is 170 Å². The molecule has 2 nitrogen and oxygen atoms in total. The van der Waals surface area contributed by atoms with Gasteiger partial charge >= 0.3 is 0 Å². The molecule has 0 radical (unpaired) electrons. The highest BCUT2D eigenvalue weighted by atomic mass is 16.3. The van der Waals surface area contributed by atoms with Crippen LogP contribution >= 0.6 is 0 Å². The average molecular weight is 663 g/mol. The zero-order chi connectivity index (χ0) is 34.2. The van der Waals surface area contributed by atoms with Gasteiger partial charge in [-0.15, -0.1) is 0 Å². The Morgan fingerprint density at radius 1 is 0.250 bits per heavy atom. The fourth-order valence-electron chi connectivity index (χ4n) is 8.44. The summed E-state index contributed by atoms with van der Waals surface area (Å²) in [6.07, 6.45) is 0. The van der Waals surface area contributed by atoms with Crippen LogP contribution in [-0.4, -0.2) is 0 Å². The topological polar surface area (TPSA) is 26.3 Å². The minimum absolute atomic E-state index is 0.885. The second-order valence-electron chi connectivity index (χ2n) is 13.5. The Hall–Kier alpha value is -6.90. The fourth-order valence-corrected chi connectivity index (χ4v) is 8.44. The molecule has 0 aliphatic heterocycles. The first-order valence-electron chi connectivity index (χ1n) is 17.8. The molecular formula is C50H30O2. The molecule has 0 unspecified atom stereocenters. The highest BCUT2D eigenvalue weighted by Gasteiger charge is 2.22. The van der Waals surface area contributed by atoms with E-state index >= 15 is 0 Å². The molecule has 0 saturated heterocycles. The quantitative estimate of drug-likeness (QED) is 0.175. The van der Waals surface area contributed by atoms with Crippen LogP contribution in [0.25, 0.3) is 110 Å². The lowest BCUT2D eigenvalue weighted by atomic mass is 9.85. The molecule has 2 aromatic heterocycles. The standard InChI is InChI=1S/C50H30O2/c1-2-13-33(14-3-1)46-36-15-4-6-17-38(36)47(39-18-7-5-16-37(39)46)42-30-29-35(49-41-20-9-11-23-44(41)52-50(42)49)32-27-25-31(26-28-32)34-21-12-24-45-48(34)40-19-8-10-22-43(40)51-45/h1-30H. The molecule has 0 N–H and O–H groups in total. The summed E-state index contributed by atoms with van der Waals surface area (Å²) in [7, 11) is 0. The lowest BCUT2D eigenvalue weighted by Gasteiger charge is -2.18. The van der Waals surface area contributed by atoms with Crippen molar-refractivity contribution < 1.29 is 8.83 Å². The number of para-hydroxylation sites is 2. The molecule has 0 bridgehead atoms. The van der Waals surface area contributed by atoms with Crippen LogP contribution in [0.15, 0.2) is 191 Å². The minimum Gasteiger partial charge on any atom is -0.456 e. The number of rotatable bonds is 4. The van der Waals surface area contributed by atoms with Gasteiger partial charge in [0, 0.05) is 32.7 Å². The molecule has 0 atom stereocenters. The minimum atomic E-state index is 0.885. The Morgan fingerprint density at radius 2 is 0.712 bits per heavy atom. The third kappa shape index (κ3) is 4.25. The Labute approximate surface area is 299 Å².